The maximum absolute atomic E-state index is 11.6. The molecule has 1 atom stereocenters. The summed E-state index contributed by atoms with van der Waals surface area (Å²) in [6.45, 7) is 4.98. The van der Waals surface area contributed by atoms with E-state index in [0.717, 1.165) is 13.0 Å². The zero-order valence-corrected chi connectivity index (χ0v) is 12.0. The molecule has 0 radical (unpaired) electrons. The van der Waals surface area contributed by atoms with Crippen molar-refractivity contribution in [2.24, 2.45) is 0 Å². The second-order valence-electron chi connectivity index (χ2n) is 4.11. The number of benzene rings is 1. The van der Waals surface area contributed by atoms with E-state index in [-0.39, 0.29) is 12.0 Å². The SMILES string of the molecule is CCCNC(CSc1ccccc1C)C(=O)OC. The van der Waals surface area contributed by atoms with Gasteiger partial charge in [-0.1, -0.05) is 25.1 Å². The average molecular weight is 267 g/mol. The number of hydrogen-bond acceptors (Lipinski definition) is 4. The topological polar surface area (TPSA) is 38.3 Å². The van der Waals surface area contributed by atoms with Gasteiger partial charge in [0.2, 0.25) is 0 Å². The lowest BCUT2D eigenvalue weighted by Gasteiger charge is -2.16. The molecule has 0 fully saturated rings. The number of rotatable bonds is 7. The average Bonchev–Trinajstić information content (AvgIpc) is 2.40. The van der Waals surface area contributed by atoms with Crippen molar-refractivity contribution in [1.82, 2.24) is 5.32 Å². The highest BCUT2D eigenvalue weighted by Crippen LogP contribution is 2.22. The number of ether oxygens (including phenoxy) is 1. The molecule has 0 spiro atoms. The largest absolute Gasteiger partial charge is 0.468 e. The van der Waals surface area contributed by atoms with Crippen LogP contribution in [-0.4, -0.2) is 31.4 Å². The molecule has 0 aliphatic rings. The normalized spacial score (nSPS) is 12.2. The number of hydrogen-bond donors (Lipinski definition) is 1. The summed E-state index contributed by atoms with van der Waals surface area (Å²) in [5.74, 6) is 0.502. The summed E-state index contributed by atoms with van der Waals surface area (Å²) in [5.41, 5.74) is 1.24. The predicted molar refractivity (Wildman–Crippen MR) is 76.0 cm³/mol. The van der Waals surface area contributed by atoms with Gasteiger partial charge in [0, 0.05) is 10.6 Å². The number of carbonyl (C=O) groups excluding carboxylic acids is 1. The van der Waals surface area contributed by atoms with Crippen LogP contribution in [0.5, 0.6) is 0 Å². The van der Waals surface area contributed by atoms with Gasteiger partial charge in [-0.25, -0.2) is 0 Å². The molecule has 3 nitrogen and oxygen atoms in total. The molecule has 0 saturated heterocycles. The Morgan fingerprint density at radius 1 is 1.44 bits per heavy atom. The fraction of sp³-hybridized carbons (Fsp3) is 0.500. The maximum Gasteiger partial charge on any atom is 0.323 e. The molecule has 0 saturated carbocycles. The first kappa shape index (κ1) is 15.1. The molecule has 1 N–H and O–H groups in total. The molecule has 1 aromatic rings. The Morgan fingerprint density at radius 3 is 2.78 bits per heavy atom. The molecule has 0 amide bonds. The molecule has 100 valence electrons. The summed E-state index contributed by atoms with van der Waals surface area (Å²) in [4.78, 5) is 12.8. The Labute approximate surface area is 113 Å². The Bertz CT molecular complexity index is 382. The van der Waals surface area contributed by atoms with Gasteiger partial charge in [0.25, 0.3) is 0 Å². The molecule has 1 unspecified atom stereocenters. The van der Waals surface area contributed by atoms with Gasteiger partial charge in [0.1, 0.15) is 6.04 Å². The summed E-state index contributed by atoms with van der Waals surface area (Å²) in [7, 11) is 1.43. The van der Waals surface area contributed by atoms with E-state index in [1.54, 1.807) is 11.8 Å². The molecule has 0 aliphatic carbocycles. The van der Waals surface area contributed by atoms with E-state index >= 15 is 0 Å². The highest BCUT2D eigenvalue weighted by Gasteiger charge is 2.18. The van der Waals surface area contributed by atoms with E-state index in [9.17, 15) is 4.79 Å². The minimum Gasteiger partial charge on any atom is -0.468 e. The Hall–Kier alpha value is -1.00. The third-order valence-electron chi connectivity index (χ3n) is 2.63. The zero-order valence-electron chi connectivity index (χ0n) is 11.2. The van der Waals surface area contributed by atoms with Crippen LogP contribution in [-0.2, 0) is 9.53 Å². The van der Waals surface area contributed by atoms with Crippen molar-refractivity contribution in [3.63, 3.8) is 0 Å². The fourth-order valence-corrected chi connectivity index (χ4v) is 2.63. The Kier molecular flexibility index (Phi) is 6.83. The molecule has 1 rings (SSSR count). The molecule has 18 heavy (non-hydrogen) atoms. The third-order valence-corrected chi connectivity index (χ3v) is 3.89. The molecule has 4 heteroatoms. The number of carbonyl (C=O) groups is 1. The smallest absolute Gasteiger partial charge is 0.323 e. The predicted octanol–water partition coefficient (Wildman–Crippen LogP) is 2.63. The van der Waals surface area contributed by atoms with E-state index in [0.29, 0.717) is 5.75 Å². The van der Waals surface area contributed by atoms with Gasteiger partial charge in [-0.05, 0) is 31.5 Å². The van der Waals surface area contributed by atoms with Crippen molar-refractivity contribution in [2.75, 3.05) is 19.4 Å². The van der Waals surface area contributed by atoms with Crippen LogP contribution in [0.4, 0.5) is 0 Å². The maximum atomic E-state index is 11.6. The van der Waals surface area contributed by atoms with Crippen LogP contribution >= 0.6 is 11.8 Å². The van der Waals surface area contributed by atoms with Crippen molar-refractivity contribution >= 4 is 17.7 Å². The van der Waals surface area contributed by atoms with E-state index in [2.05, 4.69) is 31.3 Å². The van der Waals surface area contributed by atoms with Crippen LogP contribution in [0.1, 0.15) is 18.9 Å². The summed E-state index contributed by atoms with van der Waals surface area (Å²) in [6.07, 6.45) is 1.00. The highest BCUT2D eigenvalue weighted by atomic mass is 32.2. The van der Waals surface area contributed by atoms with Crippen LogP contribution in [0.25, 0.3) is 0 Å². The summed E-state index contributed by atoms with van der Waals surface area (Å²) in [5, 5.41) is 3.21. The molecule has 1 aromatic carbocycles. The molecule has 0 heterocycles. The van der Waals surface area contributed by atoms with Crippen molar-refractivity contribution in [3.8, 4) is 0 Å². The Morgan fingerprint density at radius 2 is 2.17 bits per heavy atom. The first-order chi connectivity index (χ1) is 8.69. The molecular formula is C14H21NO2S. The van der Waals surface area contributed by atoms with Gasteiger partial charge in [0.05, 0.1) is 7.11 Å². The van der Waals surface area contributed by atoms with Crippen LogP contribution in [0.3, 0.4) is 0 Å². The standard InChI is InChI=1S/C14H21NO2S/c1-4-9-15-12(14(16)17-3)10-18-13-8-6-5-7-11(13)2/h5-8,12,15H,4,9-10H2,1-3H3. The summed E-state index contributed by atoms with van der Waals surface area (Å²) in [6, 6.07) is 7.96. The lowest BCUT2D eigenvalue weighted by molar-refractivity contribution is -0.142. The lowest BCUT2D eigenvalue weighted by atomic mass is 10.2. The van der Waals surface area contributed by atoms with Gasteiger partial charge in [-0.3, -0.25) is 4.79 Å². The first-order valence-electron chi connectivity index (χ1n) is 6.18. The second-order valence-corrected chi connectivity index (χ2v) is 5.17. The van der Waals surface area contributed by atoms with Gasteiger partial charge >= 0.3 is 5.97 Å². The number of methoxy groups -OCH3 is 1. The van der Waals surface area contributed by atoms with Crippen LogP contribution in [0.2, 0.25) is 0 Å². The molecular weight excluding hydrogens is 246 g/mol. The molecule has 0 bridgehead atoms. The van der Waals surface area contributed by atoms with E-state index in [4.69, 9.17) is 4.74 Å². The number of esters is 1. The van der Waals surface area contributed by atoms with Gasteiger partial charge in [-0.2, -0.15) is 0 Å². The van der Waals surface area contributed by atoms with Gasteiger partial charge in [0.15, 0.2) is 0 Å². The quantitative estimate of drug-likeness (QED) is 0.609. The second kappa shape index (κ2) is 8.16. The minimum atomic E-state index is -0.237. The van der Waals surface area contributed by atoms with Crippen LogP contribution in [0.15, 0.2) is 29.2 Å². The third kappa shape index (κ3) is 4.70. The zero-order chi connectivity index (χ0) is 13.4. The molecule has 0 aromatic heterocycles. The van der Waals surface area contributed by atoms with Crippen molar-refractivity contribution < 1.29 is 9.53 Å². The van der Waals surface area contributed by atoms with E-state index in [1.165, 1.54) is 17.6 Å². The highest BCUT2D eigenvalue weighted by molar-refractivity contribution is 7.99. The van der Waals surface area contributed by atoms with Gasteiger partial charge in [-0.15, -0.1) is 11.8 Å². The molecule has 0 aliphatic heterocycles. The van der Waals surface area contributed by atoms with Gasteiger partial charge < -0.3 is 10.1 Å². The van der Waals surface area contributed by atoms with Crippen molar-refractivity contribution in [2.45, 2.75) is 31.2 Å². The van der Waals surface area contributed by atoms with Crippen molar-refractivity contribution in [3.05, 3.63) is 29.8 Å². The van der Waals surface area contributed by atoms with Crippen molar-refractivity contribution in [1.29, 1.82) is 0 Å². The fourth-order valence-electron chi connectivity index (χ4n) is 1.56. The lowest BCUT2D eigenvalue weighted by Crippen LogP contribution is -2.40. The summed E-state index contributed by atoms with van der Waals surface area (Å²) >= 11 is 1.69. The number of aryl methyl sites for hydroxylation is 1. The Balaban J connectivity index is 2.56. The number of thioether (sulfide) groups is 1. The monoisotopic (exact) mass is 267 g/mol. The first-order valence-corrected chi connectivity index (χ1v) is 7.17. The van der Waals surface area contributed by atoms with Crippen LogP contribution in [0, 0.1) is 6.92 Å². The van der Waals surface area contributed by atoms with E-state index in [1.807, 2.05) is 12.1 Å². The minimum absolute atomic E-state index is 0.190. The van der Waals surface area contributed by atoms with Crippen LogP contribution < -0.4 is 5.32 Å². The number of nitrogens with one attached hydrogen (secondary N) is 1. The summed E-state index contributed by atoms with van der Waals surface area (Å²) < 4.78 is 4.81. The van der Waals surface area contributed by atoms with E-state index < -0.39 is 0 Å².